The number of alkyl halides is 6. The highest BCUT2D eigenvalue weighted by molar-refractivity contribution is 5.59. The fourth-order valence-corrected chi connectivity index (χ4v) is 2.25. The fraction of sp³-hybridized carbons (Fsp3) is 0.571. The van der Waals surface area contributed by atoms with Crippen LogP contribution in [0.3, 0.4) is 0 Å². The Morgan fingerprint density at radius 1 is 0.913 bits per heavy atom. The summed E-state index contributed by atoms with van der Waals surface area (Å²) >= 11 is 0. The van der Waals surface area contributed by atoms with Crippen molar-refractivity contribution >= 4 is 5.69 Å². The van der Waals surface area contributed by atoms with E-state index in [4.69, 9.17) is 0 Å². The molecule has 132 valence electrons. The molecule has 0 unspecified atom stereocenters. The molecule has 0 fully saturated rings. The predicted octanol–water partition coefficient (Wildman–Crippen LogP) is 3.25. The van der Waals surface area contributed by atoms with Gasteiger partial charge in [0, 0.05) is 24.3 Å². The van der Waals surface area contributed by atoms with Crippen LogP contribution >= 0.6 is 0 Å². The van der Waals surface area contributed by atoms with Gasteiger partial charge in [0.1, 0.15) is 0 Å². The second-order valence-corrected chi connectivity index (χ2v) is 5.22. The van der Waals surface area contributed by atoms with Crippen LogP contribution in [0.4, 0.5) is 32.0 Å². The molecule has 0 aliphatic heterocycles. The molecule has 0 amide bonds. The van der Waals surface area contributed by atoms with Crippen molar-refractivity contribution in [3.8, 4) is 0 Å². The molecule has 0 saturated carbocycles. The van der Waals surface area contributed by atoms with Crippen LogP contribution in [0.5, 0.6) is 0 Å². The second-order valence-electron chi connectivity index (χ2n) is 5.22. The summed E-state index contributed by atoms with van der Waals surface area (Å²) in [5, 5.41) is 15.2. The lowest BCUT2D eigenvalue weighted by molar-refractivity contribution is -0.376. The summed E-state index contributed by atoms with van der Waals surface area (Å²) in [5.41, 5.74) is -5.34. The third kappa shape index (κ3) is 3.72. The predicted molar refractivity (Wildman–Crippen MR) is 74.3 cm³/mol. The van der Waals surface area contributed by atoms with Gasteiger partial charge in [-0.25, -0.2) is 0 Å². The third-order valence-corrected chi connectivity index (χ3v) is 3.45. The number of hydrogen-bond acceptors (Lipinski definition) is 3. The minimum absolute atomic E-state index is 0.183. The quantitative estimate of drug-likeness (QED) is 0.568. The average molecular weight is 344 g/mol. The summed E-state index contributed by atoms with van der Waals surface area (Å²) in [6.45, 7) is 3.77. The number of hydrogen-bond donors (Lipinski definition) is 3. The van der Waals surface area contributed by atoms with Crippen LogP contribution in [0.15, 0.2) is 12.1 Å². The molecule has 0 atom stereocenters. The van der Waals surface area contributed by atoms with Gasteiger partial charge in [-0.3, -0.25) is 0 Å². The molecule has 0 spiro atoms. The molecule has 0 bridgehead atoms. The van der Waals surface area contributed by atoms with Gasteiger partial charge in [0.05, 0.1) is 0 Å². The van der Waals surface area contributed by atoms with E-state index in [2.05, 4.69) is 10.6 Å². The molecule has 3 nitrogen and oxygen atoms in total. The Morgan fingerprint density at radius 3 is 1.70 bits per heavy atom. The van der Waals surface area contributed by atoms with Crippen molar-refractivity contribution in [1.82, 2.24) is 5.32 Å². The first-order valence-electron chi connectivity index (χ1n) is 6.72. The number of likely N-dealkylation sites (N-methyl/N-ethyl adjacent to an activating group) is 1. The largest absolute Gasteiger partial charge is 0.430 e. The second kappa shape index (κ2) is 6.56. The maximum Gasteiger partial charge on any atom is 0.430 e. The standard InChI is InChI=1S/C14H18F6N2O/c1-8-6-10(7-9(2)11(8)22-5-4-21-3)12(23,13(15,16)17)14(18,19)20/h6-7,21-23H,4-5H2,1-3H3. The van der Waals surface area contributed by atoms with Gasteiger partial charge in [-0.1, -0.05) is 12.1 Å². The number of rotatable bonds is 5. The van der Waals surface area contributed by atoms with Crippen molar-refractivity contribution in [2.75, 3.05) is 25.5 Å². The minimum Gasteiger partial charge on any atom is -0.383 e. The summed E-state index contributed by atoms with van der Waals surface area (Å²) in [4.78, 5) is 0. The van der Waals surface area contributed by atoms with Crippen molar-refractivity contribution in [3.05, 3.63) is 28.8 Å². The van der Waals surface area contributed by atoms with Crippen molar-refractivity contribution in [2.24, 2.45) is 0 Å². The molecule has 1 rings (SSSR count). The topological polar surface area (TPSA) is 44.3 Å². The first kappa shape index (κ1) is 19.6. The van der Waals surface area contributed by atoms with Crippen LogP contribution in [0, 0.1) is 13.8 Å². The molecule has 0 radical (unpaired) electrons. The Bertz CT molecular complexity index is 516. The zero-order valence-corrected chi connectivity index (χ0v) is 12.8. The number of aliphatic hydroxyl groups is 1. The van der Waals surface area contributed by atoms with Crippen LogP contribution in [0.2, 0.25) is 0 Å². The normalized spacial score (nSPS) is 13.3. The van der Waals surface area contributed by atoms with Gasteiger partial charge in [0.2, 0.25) is 0 Å². The number of nitrogens with one attached hydrogen (secondary N) is 2. The lowest BCUT2D eigenvalue weighted by atomic mass is 9.89. The summed E-state index contributed by atoms with van der Waals surface area (Å²) in [6.07, 6.45) is -11.8. The molecule has 9 heteroatoms. The molecule has 0 aliphatic carbocycles. The monoisotopic (exact) mass is 344 g/mol. The van der Waals surface area contributed by atoms with Crippen molar-refractivity contribution in [3.63, 3.8) is 0 Å². The molecule has 3 N–H and O–H groups in total. The zero-order chi connectivity index (χ0) is 18.1. The first-order valence-corrected chi connectivity index (χ1v) is 6.72. The van der Waals surface area contributed by atoms with Crippen molar-refractivity contribution < 1.29 is 31.4 Å². The van der Waals surface area contributed by atoms with Crippen molar-refractivity contribution in [1.29, 1.82) is 0 Å². The van der Waals surface area contributed by atoms with Gasteiger partial charge in [-0.2, -0.15) is 26.3 Å². The van der Waals surface area contributed by atoms with Gasteiger partial charge in [-0.15, -0.1) is 0 Å². The highest BCUT2D eigenvalue weighted by atomic mass is 19.4. The Labute approximate surface area is 129 Å². The summed E-state index contributed by atoms with van der Waals surface area (Å²) in [7, 11) is 1.71. The minimum atomic E-state index is -5.88. The van der Waals surface area contributed by atoms with E-state index in [0.717, 1.165) is 0 Å². The van der Waals surface area contributed by atoms with E-state index in [9.17, 15) is 31.4 Å². The number of benzene rings is 1. The molecule has 0 aromatic heterocycles. The maximum absolute atomic E-state index is 12.9. The average Bonchev–Trinajstić information content (AvgIpc) is 2.38. The highest BCUT2D eigenvalue weighted by Gasteiger charge is 2.71. The van der Waals surface area contributed by atoms with Crippen LogP contribution < -0.4 is 10.6 Å². The molecule has 1 aromatic rings. The highest BCUT2D eigenvalue weighted by Crippen LogP contribution is 2.50. The van der Waals surface area contributed by atoms with Crippen molar-refractivity contribution in [2.45, 2.75) is 31.8 Å². The van der Waals surface area contributed by atoms with Gasteiger partial charge in [-0.05, 0) is 32.0 Å². The van der Waals surface area contributed by atoms with Gasteiger partial charge < -0.3 is 15.7 Å². The van der Waals surface area contributed by atoms with Crippen LogP contribution in [0.1, 0.15) is 16.7 Å². The number of aryl methyl sites for hydroxylation is 2. The summed E-state index contributed by atoms with van der Waals surface area (Å²) in [5.74, 6) is 0. The van der Waals surface area contributed by atoms with E-state index in [1.54, 1.807) is 7.05 Å². The lowest BCUT2D eigenvalue weighted by Crippen LogP contribution is -2.54. The van der Waals surface area contributed by atoms with Crippen LogP contribution in [-0.2, 0) is 5.60 Å². The lowest BCUT2D eigenvalue weighted by Gasteiger charge is -2.33. The molecular weight excluding hydrogens is 326 g/mol. The molecule has 1 aromatic carbocycles. The number of anilines is 1. The van der Waals surface area contributed by atoms with Gasteiger partial charge >= 0.3 is 12.4 Å². The third-order valence-electron chi connectivity index (χ3n) is 3.45. The van der Waals surface area contributed by atoms with E-state index in [-0.39, 0.29) is 11.1 Å². The number of halogens is 6. The van der Waals surface area contributed by atoms with Gasteiger partial charge in [0.15, 0.2) is 0 Å². The van der Waals surface area contributed by atoms with E-state index in [1.807, 2.05) is 0 Å². The smallest absolute Gasteiger partial charge is 0.383 e. The maximum atomic E-state index is 12.9. The summed E-state index contributed by atoms with van der Waals surface area (Å²) < 4.78 is 77.4. The molecular formula is C14H18F6N2O. The van der Waals surface area contributed by atoms with Crippen LogP contribution in [0.25, 0.3) is 0 Å². The molecule has 0 heterocycles. The zero-order valence-electron chi connectivity index (χ0n) is 12.8. The van der Waals surface area contributed by atoms with E-state index >= 15 is 0 Å². The first-order chi connectivity index (χ1) is 10.4. The van der Waals surface area contributed by atoms with E-state index in [1.165, 1.54) is 13.8 Å². The molecule has 0 saturated heterocycles. The van der Waals surface area contributed by atoms with E-state index in [0.29, 0.717) is 30.9 Å². The Morgan fingerprint density at radius 2 is 1.35 bits per heavy atom. The van der Waals surface area contributed by atoms with Crippen LogP contribution in [-0.4, -0.2) is 37.6 Å². The molecule has 23 heavy (non-hydrogen) atoms. The Hall–Kier alpha value is -1.48. The Balaban J connectivity index is 3.38. The van der Waals surface area contributed by atoms with Gasteiger partial charge in [0.25, 0.3) is 5.60 Å². The SMILES string of the molecule is CNCCNc1c(C)cc(C(O)(C(F)(F)F)C(F)(F)F)cc1C. The molecule has 0 aliphatic rings. The summed E-state index contributed by atoms with van der Waals surface area (Å²) in [6, 6.07) is 1.41. The Kier molecular flexibility index (Phi) is 5.58. The van der Waals surface area contributed by atoms with E-state index < -0.39 is 23.5 Å². The fourth-order valence-electron chi connectivity index (χ4n) is 2.25.